The van der Waals surface area contributed by atoms with E-state index in [2.05, 4.69) is 0 Å². The minimum Gasteiger partial charge on any atom is -0.481 e. The first-order chi connectivity index (χ1) is 10.9. The molecule has 6 nitrogen and oxygen atoms in total. The van der Waals surface area contributed by atoms with Crippen LogP contribution < -0.4 is 0 Å². The highest BCUT2D eigenvalue weighted by Gasteiger charge is 2.30. The zero-order valence-corrected chi connectivity index (χ0v) is 12.9. The van der Waals surface area contributed by atoms with Crippen LogP contribution in [-0.4, -0.2) is 58.9 Å². The molecule has 0 radical (unpaired) electrons. The maximum Gasteiger partial charge on any atom is 0.315 e. The van der Waals surface area contributed by atoms with Gasteiger partial charge in [0.2, 0.25) is 11.8 Å². The fourth-order valence-electron chi connectivity index (χ4n) is 2.47. The zero-order valence-electron chi connectivity index (χ0n) is 12.9. The maximum atomic E-state index is 13.6. The quantitative estimate of drug-likeness (QED) is 0.830. The largest absolute Gasteiger partial charge is 0.481 e. The van der Waals surface area contributed by atoms with Crippen LogP contribution in [0.1, 0.15) is 12.5 Å². The number of piperazine rings is 1. The summed E-state index contributed by atoms with van der Waals surface area (Å²) in [7, 11) is 0. The number of benzene rings is 1. The van der Waals surface area contributed by atoms with E-state index in [4.69, 9.17) is 5.11 Å². The molecule has 2 amide bonds. The number of carbonyl (C=O) groups is 3. The summed E-state index contributed by atoms with van der Waals surface area (Å²) in [6.45, 7) is 2.58. The molecule has 0 bridgehead atoms. The topological polar surface area (TPSA) is 77.9 Å². The minimum atomic E-state index is -1.16. The van der Waals surface area contributed by atoms with Crippen molar-refractivity contribution < 1.29 is 23.9 Å². The van der Waals surface area contributed by atoms with Crippen LogP contribution in [0.4, 0.5) is 4.39 Å². The van der Waals surface area contributed by atoms with Gasteiger partial charge >= 0.3 is 5.97 Å². The van der Waals surface area contributed by atoms with Crippen LogP contribution in [0.15, 0.2) is 24.3 Å². The second kappa shape index (κ2) is 7.21. The molecule has 1 aliphatic rings. The average Bonchev–Trinajstić information content (AvgIpc) is 2.55. The lowest BCUT2D eigenvalue weighted by Crippen LogP contribution is -2.52. The van der Waals surface area contributed by atoms with Crippen molar-refractivity contribution in [1.29, 1.82) is 0 Å². The van der Waals surface area contributed by atoms with Crippen LogP contribution in [0, 0.1) is 11.7 Å². The highest BCUT2D eigenvalue weighted by Crippen LogP contribution is 2.12. The second-order valence-electron chi connectivity index (χ2n) is 5.53. The van der Waals surface area contributed by atoms with E-state index in [-0.39, 0.29) is 12.3 Å². The predicted octanol–water partition coefficient (Wildman–Crippen LogP) is 0.760. The molecule has 0 saturated carbocycles. The van der Waals surface area contributed by atoms with E-state index in [1.54, 1.807) is 23.1 Å². The van der Waals surface area contributed by atoms with Crippen molar-refractivity contribution in [2.75, 3.05) is 26.2 Å². The Bertz CT molecular complexity index is 612. The summed E-state index contributed by atoms with van der Waals surface area (Å²) >= 11 is 0. The minimum absolute atomic E-state index is 0.0217. The molecule has 124 valence electrons. The van der Waals surface area contributed by atoms with Crippen molar-refractivity contribution in [2.45, 2.75) is 13.3 Å². The van der Waals surface area contributed by atoms with Crippen LogP contribution in [0.5, 0.6) is 0 Å². The van der Waals surface area contributed by atoms with Crippen molar-refractivity contribution in [1.82, 2.24) is 9.80 Å². The molecule has 0 aromatic heterocycles. The summed E-state index contributed by atoms with van der Waals surface area (Å²) < 4.78 is 13.6. The van der Waals surface area contributed by atoms with Crippen molar-refractivity contribution in [2.24, 2.45) is 5.92 Å². The van der Waals surface area contributed by atoms with Gasteiger partial charge < -0.3 is 14.9 Å². The second-order valence-corrected chi connectivity index (χ2v) is 5.53. The van der Waals surface area contributed by atoms with E-state index in [1.165, 1.54) is 17.9 Å². The molecule has 23 heavy (non-hydrogen) atoms. The first-order valence-corrected chi connectivity index (χ1v) is 7.43. The molecule has 1 aliphatic heterocycles. The normalized spacial score (nSPS) is 16.1. The van der Waals surface area contributed by atoms with Gasteiger partial charge in [-0.2, -0.15) is 0 Å². The molecule has 7 heteroatoms. The Balaban J connectivity index is 1.89. The maximum absolute atomic E-state index is 13.6. The lowest BCUT2D eigenvalue weighted by Gasteiger charge is -2.35. The molecule has 1 saturated heterocycles. The molecular weight excluding hydrogens is 303 g/mol. The Morgan fingerprint density at radius 3 is 2.26 bits per heavy atom. The van der Waals surface area contributed by atoms with Gasteiger partial charge in [-0.15, -0.1) is 0 Å². The molecular formula is C16H19FN2O4. The van der Waals surface area contributed by atoms with E-state index in [1.807, 2.05) is 0 Å². The molecule has 1 N–H and O–H groups in total. The van der Waals surface area contributed by atoms with E-state index in [0.29, 0.717) is 31.7 Å². The molecule has 1 aromatic rings. The summed E-state index contributed by atoms with van der Waals surface area (Å²) in [5.74, 6) is -3.30. The molecule has 1 aromatic carbocycles. The number of carboxylic acid groups (broad SMARTS) is 1. The van der Waals surface area contributed by atoms with Crippen LogP contribution in [0.2, 0.25) is 0 Å². The third-order valence-corrected chi connectivity index (χ3v) is 3.98. The Morgan fingerprint density at radius 2 is 1.70 bits per heavy atom. The van der Waals surface area contributed by atoms with Gasteiger partial charge in [-0.1, -0.05) is 18.2 Å². The van der Waals surface area contributed by atoms with Gasteiger partial charge in [-0.3, -0.25) is 14.4 Å². The number of halogens is 1. The Morgan fingerprint density at radius 1 is 1.13 bits per heavy atom. The lowest BCUT2D eigenvalue weighted by molar-refractivity contribution is -0.152. The van der Waals surface area contributed by atoms with Crippen LogP contribution in [-0.2, 0) is 20.8 Å². The van der Waals surface area contributed by atoms with Crippen molar-refractivity contribution >= 4 is 17.8 Å². The van der Waals surface area contributed by atoms with E-state index in [0.717, 1.165) is 0 Å². The van der Waals surface area contributed by atoms with Crippen LogP contribution in [0.25, 0.3) is 0 Å². The fraction of sp³-hybridized carbons (Fsp3) is 0.438. The summed E-state index contributed by atoms with van der Waals surface area (Å²) in [6.07, 6.45) is -0.0217. The summed E-state index contributed by atoms with van der Waals surface area (Å²) in [6, 6.07) is 6.13. The van der Waals surface area contributed by atoms with Crippen LogP contribution in [0.3, 0.4) is 0 Å². The standard InChI is InChI=1S/C16H19FN2O4/c1-11(16(22)23)15(21)19-8-6-18(7-9-19)14(20)10-12-4-2-3-5-13(12)17/h2-5,11H,6-10H2,1H3,(H,22,23). The third kappa shape index (κ3) is 4.06. The van der Waals surface area contributed by atoms with Crippen molar-refractivity contribution in [3.8, 4) is 0 Å². The lowest BCUT2D eigenvalue weighted by atomic mass is 10.1. The number of amides is 2. The Kier molecular flexibility index (Phi) is 5.31. The molecule has 1 atom stereocenters. The van der Waals surface area contributed by atoms with Gasteiger partial charge in [0.25, 0.3) is 0 Å². The molecule has 2 rings (SSSR count). The van der Waals surface area contributed by atoms with E-state index < -0.39 is 23.6 Å². The van der Waals surface area contributed by atoms with Crippen LogP contribution >= 0.6 is 0 Å². The molecule has 0 spiro atoms. The number of hydrogen-bond donors (Lipinski definition) is 1. The van der Waals surface area contributed by atoms with Gasteiger partial charge in [-0.25, -0.2) is 4.39 Å². The zero-order chi connectivity index (χ0) is 17.0. The van der Waals surface area contributed by atoms with Gasteiger partial charge in [0.15, 0.2) is 0 Å². The summed E-state index contributed by atoms with van der Waals surface area (Å²) in [5, 5.41) is 8.87. The number of nitrogens with zero attached hydrogens (tertiary/aromatic N) is 2. The Hall–Kier alpha value is -2.44. The van der Waals surface area contributed by atoms with Gasteiger partial charge in [0.05, 0.1) is 6.42 Å². The smallest absolute Gasteiger partial charge is 0.315 e. The number of aliphatic carboxylic acids is 1. The summed E-state index contributed by atoms with van der Waals surface area (Å²) in [4.78, 5) is 38.0. The van der Waals surface area contributed by atoms with Gasteiger partial charge in [-0.05, 0) is 18.6 Å². The SMILES string of the molecule is CC(C(=O)O)C(=O)N1CCN(C(=O)Cc2ccccc2F)CC1. The first-order valence-electron chi connectivity index (χ1n) is 7.43. The average molecular weight is 322 g/mol. The first kappa shape index (κ1) is 16.9. The molecule has 1 unspecified atom stereocenters. The Labute approximate surface area is 133 Å². The highest BCUT2D eigenvalue weighted by molar-refractivity contribution is 5.96. The number of carbonyl (C=O) groups excluding carboxylic acids is 2. The van der Waals surface area contributed by atoms with E-state index in [9.17, 15) is 18.8 Å². The monoisotopic (exact) mass is 322 g/mol. The number of rotatable bonds is 4. The van der Waals surface area contributed by atoms with E-state index >= 15 is 0 Å². The fourth-order valence-corrected chi connectivity index (χ4v) is 2.47. The van der Waals surface area contributed by atoms with Crippen molar-refractivity contribution in [3.63, 3.8) is 0 Å². The molecule has 0 aliphatic carbocycles. The van der Waals surface area contributed by atoms with Gasteiger partial charge in [0.1, 0.15) is 11.7 Å². The summed E-state index contributed by atoms with van der Waals surface area (Å²) in [5.41, 5.74) is 0.343. The highest BCUT2D eigenvalue weighted by atomic mass is 19.1. The third-order valence-electron chi connectivity index (χ3n) is 3.98. The van der Waals surface area contributed by atoms with Gasteiger partial charge in [0, 0.05) is 26.2 Å². The predicted molar refractivity (Wildman–Crippen MR) is 80.1 cm³/mol. The van der Waals surface area contributed by atoms with Crippen molar-refractivity contribution in [3.05, 3.63) is 35.6 Å². The molecule has 1 fully saturated rings. The number of carboxylic acids is 1. The molecule has 1 heterocycles. The number of hydrogen-bond acceptors (Lipinski definition) is 3.